The van der Waals surface area contributed by atoms with Gasteiger partial charge in [0.05, 0.1) is 64.0 Å². The molecular formula is C24H17ClF3N9O. The normalized spacial score (nSPS) is 15.4. The monoisotopic (exact) mass is 539 g/mol. The van der Waals surface area contributed by atoms with E-state index >= 15 is 0 Å². The third-order valence-electron chi connectivity index (χ3n) is 6.09. The van der Waals surface area contributed by atoms with Gasteiger partial charge in [-0.2, -0.15) is 28.5 Å². The van der Waals surface area contributed by atoms with Crippen molar-refractivity contribution in [2.75, 3.05) is 11.9 Å². The third-order valence-corrected chi connectivity index (χ3v) is 6.37. The van der Waals surface area contributed by atoms with E-state index in [-0.39, 0.29) is 28.3 Å². The fourth-order valence-electron chi connectivity index (χ4n) is 4.21. The van der Waals surface area contributed by atoms with E-state index in [1.807, 2.05) is 0 Å². The minimum absolute atomic E-state index is 0.0665. The van der Waals surface area contributed by atoms with E-state index in [2.05, 4.69) is 35.9 Å². The maximum absolute atomic E-state index is 14.4. The Morgan fingerprint density at radius 1 is 1.11 bits per heavy atom. The van der Waals surface area contributed by atoms with Crippen LogP contribution in [-0.2, 0) is 6.18 Å². The minimum Gasteiger partial charge on any atom is -0.320 e. The predicted octanol–water partition coefficient (Wildman–Crippen LogP) is 4.36. The number of carbonyl (C=O) groups is 1. The zero-order chi connectivity index (χ0) is 26.4. The number of aromatic nitrogens is 7. The van der Waals surface area contributed by atoms with Gasteiger partial charge in [-0.3, -0.25) is 9.78 Å². The van der Waals surface area contributed by atoms with Gasteiger partial charge < -0.3 is 10.6 Å². The highest BCUT2D eigenvalue weighted by Crippen LogP contribution is 2.36. The topological polar surface area (TPSA) is 115 Å². The first-order valence-corrected chi connectivity index (χ1v) is 11.8. The van der Waals surface area contributed by atoms with Crippen molar-refractivity contribution in [2.24, 2.45) is 0 Å². The molecule has 1 amide bonds. The van der Waals surface area contributed by atoms with E-state index in [4.69, 9.17) is 11.6 Å². The maximum atomic E-state index is 14.4. The molecular weight excluding hydrogens is 523 g/mol. The molecule has 1 fully saturated rings. The molecule has 0 radical (unpaired) electrons. The first-order chi connectivity index (χ1) is 18.3. The molecule has 1 aromatic carbocycles. The smallest absolute Gasteiger partial charge is 0.320 e. The molecule has 1 aliphatic rings. The SMILES string of the molecule is O=C(Nc1cnc(-n2nccn2)c(Cl)c1)c1cnn(-c2cc(C3CCN3)nc3ccccc23)c1C(F)(F)F. The predicted molar refractivity (Wildman–Crippen MR) is 131 cm³/mol. The Bertz CT molecular complexity index is 1660. The number of pyridine rings is 2. The lowest BCUT2D eigenvalue weighted by Gasteiger charge is -2.28. The molecule has 5 aromatic rings. The standard InChI is InChI=1S/C24H17ClF3N9O/c25-16-9-13(11-30-22(16)37-31-7-8-32-37)34-23(38)15-12-33-36(21(15)24(26,27)28)20-10-19(18-5-6-29-18)35-17-4-2-1-3-14(17)20/h1-4,7-12,18,29H,5-6H2,(H,34,38). The molecule has 1 unspecified atom stereocenters. The summed E-state index contributed by atoms with van der Waals surface area (Å²) in [6, 6.07) is 9.72. The summed E-state index contributed by atoms with van der Waals surface area (Å²) in [5.41, 5.74) is -0.482. The fraction of sp³-hybridized carbons (Fsp3) is 0.167. The highest BCUT2D eigenvalue weighted by atomic mass is 35.5. The van der Waals surface area contributed by atoms with E-state index in [1.54, 1.807) is 30.3 Å². The molecule has 38 heavy (non-hydrogen) atoms. The fourth-order valence-corrected chi connectivity index (χ4v) is 4.45. The van der Waals surface area contributed by atoms with Crippen LogP contribution in [0, 0.1) is 0 Å². The number of alkyl halides is 3. The molecule has 4 aromatic heterocycles. The number of para-hydroxylation sites is 1. The number of carbonyl (C=O) groups excluding carboxylic acids is 1. The highest BCUT2D eigenvalue weighted by molar-refractivity contribution is 6.32. The second-order valence-corrected chi connectivity index (χ2v) is 8.90. The minimum atomic E-state index is -4.89. The summed E-state index contributed by atoms with van der Waals surface area (Å²) >= 11 is 6.23. The van der Waals surface area contributed by atoms with Gasteiger partial charge in [-0.1, -0.05) is 29.8 Å². The Labute approximate surface area is 217 Å². The molecule has 0 bridgehead atoms. The average molecular weight is 540 g/mol. The quantitative estimate of drug-likeness (QED) is 0.341. The molecule has 2 N–H and O–H groups in total. The number of rotatable bonds is 5. The molecule has 5 heterocycles. The van der Waals surface area contributed by atoms with Crippen molar-refractivity contribution in [3.8, 4) is 11.5 Å². The van der Waals surface area contributed by atoms with E-state index in [0.717, 1.165) is 23.8 Å². The summed E-state index contributed by atoms with van der Waals surface area (Å²) in [4.78, 5) is 22.9. The van der Waals surface area contributed by atoms with E-state index in [0.29, 0.717) is 16.6 Å². The number of benzene rings is 1. The van der Waals surface area contributed by atoms with Crippen molar-refractivity contribution in [1.82, 2.24) is 40.1 Å². The molecule has 0 spiro atoms. The Hall–Kier alpha value is -4.36. The number of halogens is 4. The van der Waals surface area contributed by atoms with Crippen molar-refractivity contribution in [2.45, 2.75) is 18.6 Å². The van der Waals surface area contributed by atoms with Gasteiger partial charge in [-0.15, -0.1) is 4.80 Å². The molecule has 0 aliphatic carbocycles. The Morgan fingerprint density at radius 2 is 1.87 bits per heavy atom. The van der Waals surface area contributed by atoms with Gasteiger partial charge in [0.2, 0.25) is 0 Å². The Balaban J connectivity index is 1.40. The van der Waals surface area contributed by atoms with E-state index in [1.165, 1.54) is 29.5 Å². The van der Waals surface area contributed by atoms with Crippen LogP contribution >= 0.6 is 11.6 Å². The average Bonchev–Trinajstić information content (AvgIpc) is 3.53. The van der Waals surface area contributed by atoms with E-state index < -0.39 is 23.3 Å². The van der Waals surface area contributed by atoms with Crippen molar-refractivity contribution < 1.29 is 18.0 Å². The van der Waals surface area contributed by atoms with Gasteiger partial charge in [0.1, 0.15) is 0 Å². The van der Waals surface area contributed by atoms with Gasteiger partial charge in [0, 0.05) is 5.39 Å². The van der Waals surface area contributed by atoms with Gasteiger partial charge in [0.25, 0.3) is 5.91 Å². The largest absolute Gasteiger partial charge is 0.434 e. The van der Waals surface area contributed by atoms with Crippen molar-refractivity contribution in [3.63, 3.8) is 0 Å². The molecule has 6 rings (SSSR count). The zero-order valence-corrected chi connectivity index (χ0v) is 20.1. The zero-order valence-electron chi connectivity index (χ0n) is 19.3. The Kier molecular flexibility index (Phi) is 5.80. The van der Waals surface area contributed by atoms with Crippen molar-refractivity contribution in [3.05, 3.63) is 83.2 Å². The van der Waals surface area contributed by atoms with Crippen LogP contribution in [0.5, 0.6) is 0 Å². The van der Waals surface area contributed by atoms with Gasteiger partial charge >= 0.3 is 6.18 Å². The number of hydrogen-bond acceptors (Lipinski definition) is 7. The second-order valence-electron chi connectivity index (χ2n) is 8.50. The molecule has 10 nitrogen and oxygen atoms in total. The maximum Gasteiger partial charge on any atom is 0.434 e. The summed E-state index contributed by atoms with van der Waals surface area (Å²) in [7, 11) is 0. The number of nitrogens with one attached hydrogen (secondary N) is 2. The molecule has 1 saturated heterocycles. The second kappa shape index (κ2) is 9.19. The number of anilines is 1. The third kappa shape index (κ3) is 4.25. The van der Waals surface area contributed by atoms with Crippen LogP contribution in [0.2, 0.25) is 5.02 Å². The van der Waals surface area contributed by atoms with Crippen LogP contribution in [0.25, 0.3) is 22.4 Å². The van der Waals surface area contributed by atoms with Crippen LogP contribution in [-0.4, -0.2) is 47.2 Å². The molecule has 1 atom stereocenters. The van der Waals surface area contributed by atoms with Crippen molar-refractivity contribution >= 4 is 34.1 Å². The molecule has 14 heteroatoms. The van der Waals surface area contributed by atoms with Crippen molar-refractivity contribution in [1.29, 1.82) is 0 Å². The van der Waals surface area contributed by atoms with Gasteiger partial charge in [0.15, 0.2) is 11.5 Å². The van der Waals surface area contributed by atoms with E-state index in [9.17, 15) is 18.0 Å². The lowest BCUT2D eigenvalue weighted by atomic mass is 10.0. The summed E-state index contributed by atoms with van der Waals surface area (Å²) in [6.45, 7) is 0.798. The summed E-state index contributed by atoms with van der Waals surface area (Å²) in [6.07, 6.45) is 0.924. The van der Waals surface area contributed by atoms with Crippen LogP contribution in [0.3, 0.4) is 0 Å². The number of amides is 1. The lowest BCUT2D eigenvalue weighted by Crippen LogP contribution is -2.35. The highest BCUT2D eigenvalue weighted by Gasteiger charge is 2.41. The van der Waals surface area contributed by atoms with Crippen LogP contribution in [0.15, 0.2) is 61.2 Å². The summed E-state index contributed by atoms with van der Waals surface area (Å²) < 4.78 is 44.0. The van der Waals surface area contributed by atoms with Crippen LogP contribution < -0.4 is 10.6 Å². The van der Waals surface area contributed by atoms with Crippen LogP contribution in [0.1, 0.15) is 34.2 Å². The number of hydrogen-bond donors (Lipinski definition) is 2. The van der Waals surface area contributed by atoms with Gasteiger partial charge in [-0.25, -0.2) is 9.67 Å². The van der Waals surface area contributed by atoms with Crippen LogP contribution in [0.4, 0.5) is 18.9 Å². The first-order valence-electron chi connectivity index (χ1n) is 11.4. The molecule has 192 valence electrons. The Morgan fingerprint density at radius 3 is 2.55 bits per heavy atom. The lowest BCUT2D eigenvalue weighted by molar-refractivity contribution is -0.143. The molecule has 1 aliphatic heterocycles. The summed E-state index contributed by atoms with van der Waals surface area (Å²) in [5.74, 6) is -0.828. The molecule has 0 saturated carbocycles. The van der Waals surface area contributed by atoms with Gasteiger partial charge in [-0.05, 0) is 31.2 Å². The number of nitrogens with zero attached hydrogens (tertiary/aromatic N) is 7. The summed E-state index contributed by atoms with van der Waals surface area (Å²) in [5, 5.41) is 18.1. The first kappa shape index (κ1) is 24.0. The number of fused-ring (bicyclic) bond motifs is 1.